The molecule has 0 amide bonds. The maximum atomic E-state index is 9.39. The lowest BCUT2D eigenvalue weighted by Crippen LogP contribution is -2.24. The van der Waals surface area contributed by atoms with Crippen molar-refractivity contribution < 1.29 is 9.84 Å². The molecule has 0 aromatic heterocycles. The number of rotatable bonds is 3. The van der Waals surface area contributed by atoms with E-state index in [0.29, 0.717) is 0 Å². The fourth-order valence-corrected chi connectivity index (χ4v) is 1.86. The fraction of sp³-hybridized carbons (Fsp3) is 0.400. The predicted molar refractivity (Wildman–Crippen MR) is 64.3 cm³/mol. The van der Waals surface area contributed by atoms with E-state index in [-0.39, 0.29) is 6.04 Å². The summed E-state index contributed by atoms with van der Waals surface area (Å²) in [6, 6.07) is 5.30. The summed E-state index contributed by atoms with van der Waals surface area (Å²) >= 11 is 2.20. The Morgan fingerprint density at radius 2 is 2.14 bits per heavy atom. The molecule has 0 aliphatic heterocycles. The third-order valence-corrected chi connectivity index (χ3v) is 3.06. The first-order chi connectivity index (χ1) is 6.56. The number of aliphatic hydroxyl groups is 1. The molecule has 1 aromatic rings. The molecule has 0 aliphatic carbocycles. The first-order valence-electron chi connectivity index (χ1n) is 4.33. The van der Waals surface area contributed by atoms with Crippen LogP contribution in [0.5, 0.6) is 5.75 Å². The second-order valence-electron chi connectivity index (χ2n) is 3.15. The summed E-state index contributed by atoms with van der Waals surface area (Å²) in [7, 11) is 1.61. The molecule has 4 heteroatoms. The van der Waals surface area contributed by atoms with E-state index in [4.69, 9.17) is 10.5 Å². The zero-order valence-electron chi connectivity index (χ0n) is 8.20. The van der Waals surface area contributed by atoms with Crippen LogP contribution in [-0.2, 0) is 0 Å². The van der Waals surface area contributed by atoms with Crippen LogP contribution in [0.25, 0.3) is 0 Å². The predicted octanol–water partition coefficient (Wildman–Crippen LogP) is 1.68. The summed E-state index contributed by atoms with van der Waals surface area (Å²) < 4.78 is 6.14. The van der Waals surface area contributed by atoms with Crippen molar-refractivity contribution in [3.05, 3.63) is 27.3 Å². The molecule has 0 heterocycles. The maximum absolute atomic E-state index is 9.39. The molecule has 0 fully saturated rings. The van der Waals surface area contributed by atoms with Gasteiger partial charge in [-0.15, -0.1) is 0 Å². The van der Waals surface area contributed by atoms with Gasteiger partial charge in [0.15, 0.2) is 0 Å². The first kappa shape index (κ1) is 11.7. The van der Waals surface area contributed by atoms with Gasteiger partial charge in [-0.25, -0.2) is 0 Å². The van der Waals surface area contributed by atoms with E-state index < -0.39 is 6.10 Å². The standard InChI is InChI=1S/C10H14INO2/c1-6(13)10(12)8-5-7(14-2)3-4-9(8)11/h3-6,10,13H,12H2,1-2H3/t6-,10-/m1/s1. The van der Waals surface area contributed by atoms with E-state index in [1.54, 1.807) is 14.0 Å². The SMILES string of the molecule is COc1ccc(I)c([C@H](N)[C@@H](C)O)c1. The molecule has 78 valence electrons. The number of hydrogen-bond donors (Lipinski definition) is 2. The van der Waals surface area contributed by atoms with E-state index in [0.717, 1.165) is 14.9 Å². The Kier molecular flexibility index (Phi) is 4.15. The molecule has 2 atom stereocenters. The lowest BCUT2D eigenvalue weighted by Gasteiger charge is -2.17. The minimum absolute atomic E-state index is 0.364. The van der Waals surface area contributed by atoms with E-state index in [1.165, 1.54) is 0 Å². The molecule has 3 nitrogen and oxygen atoms in total. The van der Waals surface area contributed by atoms with Crippen LogP contribution < -0.4 is 10.5 Å². The highest BCUT2D eigenvalue weighted by atomic mass is 127. The maximum Gasteiger partial charge on any atom is 0.119 e. The van der Waals surface area contributed by atoms with Gasteiger partial charge in [-0.05, 0) is 53.3 Å². The third kappa shape index (κ3) is 2.59. The van der Waals surface area contributed by atoms with E-state index in [2.05, 4.69) is 22.6 Å². The highest BCUT2D eigenvalue weighted by Gasteiger charge is 2.15. The van der Waals surface area contributed by atoms with E-state index in [1.807, 2.05) is 18.2 Å². The molecular formula is C10H14INO2. The van der Waals surface area contributed by atoms with Crippen LogP contribution in [0, 0.1) is 3.57 Å². The van der Waals surface area contributed by atoms with Crippen molar-refractivity contribution in [3.8, 4) is 5.75 Å². The lowest BCUT2D eigenvalue weighted by atomic mass is 10.0. The van der Waals surface area contributed by atoms with Crippen molar-refractivity contribution >= 4 is 22.6 Å². The van der Waals surface area contributed by atoms with Crippen LogP contribution in [-0.4, -0.2) is 18.3 Å². The van der Waals surface area contributed by atoms with Crippen LogP contribution in [0.2, 0.25) is 0 Å². The Morgan fingerprint density at radius 1 is 1.50 bits per heavy atom. The minimum Gasteiger partial charge on any atom is -0.497 e. The number of aliphatic hydroxyl groups excluding tert-OH is 1. The van der Waals surface area contributed by atoms with Crippen molar-refractivity contribution in [2.24, 2.45) is 5.73 Å². The number of methoxy groups -OCH3 is 1. The van der Waals surface area contributed by atoms with Crippen LogP contribution in [0.15, 0.2) is 18.2 Å². The zero-order valence-corrected chi connectivity index (χ0v) is 10.4. The topological polar surface area (TPSA) is 55.5 Å². The Hall–Kier alpha value is -0.330. The monoisotopic (exact) mass is 307 g/mol. The zero-order chi connectivity index (χ0) is 10.7. The van der Waals surface area contributed by atoms with Crippen LogP contribution >= 0.6 is 22.6 Å². The highest BCUT2D eigenvalue weighted by molar-refractivity contribution is 14.1. The van der Waals surface area contributed by atoms with Gasteiger partial charge in [0.2, 0.25) is 0 Å². The Balaban J connectivity index is 3.05. The number of nitrogens with two attached hydrogens (primary N) is 1. The molecule has 0 bridgehead atoms. The van der Waals surface area contributed by atoms with Crippen LogP contribution in [0.1, 0.15) is 18.5 Å². The summed E-state index contributed by atoms with van der Waals surface area (Å²) in [6.45, 7) is 1.68. The molecule has 14 heavy (non-hydrogen) atoms. The Labute approximate surface area is 97.4 Å². The first-order valence-corrected chi connectivity index (χ1v) is 5.41. The number of halogens is 1. The van der Waals surface area contributed by atoms with Crippen LogP contribution in [0.4, 0.5) is 0 Å². The smallest absolute Gasteiger partial charge is 0.119 e. The van der Waals surface area contributed by atoms with Gasteiger partial charge >= 0.3 is 0 Å². The molecule has 0 saturated carbocycles. The van der Waals surface area contributed by atoms with Gasteiger partial charge in [0.1, 0.15) is 5.75 Å². The molecular weight excluding hydrogens is 293 g/mol. The molecule has 0 saturated heterocycles. The van der Waals surface area contributed by atoms with Gasteiger partial charge < -0.3 is 15.6 Å². The minimum atomic E-state index is -0.560. The van der Waals surface area contributed by atoms with Crippen LogP contribution in [0.3, 0.4) is 0 Å². The van der Waals surface area contributed by atoms with Gasteiger partial charge in [-0.2, -0.15) is 0 Å². The number of ether oxygens (including phenoxy) is 1. The summed E-state index contributed by atoms with van der Waals surface area (Å²) in [5.74, 6) is 0.761. The summed E-state index contributed by atoms with van der Waals surface area (Å²) in [4.78, 5) is 0. The van der Waals surface area contributed by atoms with Crippen molar-refractivity contribution in [1.82, 2.24) is 0 Å². The molecule has 0 unspecified atom stereocenters. The normalized spacial score (nSPS) is 14.9. The second kappa shape index (κ2) is 4.95. The molecule has 1 rings (SSSR count). The largest absolute Gasteiger partial charge is 0.497 e. The van der Waals surface area contributed by atoms with E-state index >= 15 is 0 Å². The fourth-order valence-electron chi connectivity index (χ4n) is 1.16. The molecule has 1 aromatic carbocycles. The molecule has 0 spiro atoms. The third-order valence-electron chi connectivity index (χ3n) is 2.08. The summed E-state index contributed by atoms with van der Waals surface area (Å²) in [6.07, 6.45) is -0.560. The van der Waals surface area contributed by atoms with Crippen molar-refractivity contribution in [2.45, 2.75) is 19.1 Å². The van der Waals surface area contributed by atoms with Gasteiger partial charge in [0.05, 0.1) is 19.3 Å². The molecule has 0 radical (unpaired) electrons. The second-order valence-corrected chi connectivity index (χ2v) is 4.32. The van der Waals surface area contributed by atoms with Crippen molar-refractivity contribution in [1.29, 1.82) is 0 Å². The highest BCUT2D eigenvalue weighted by Crippen LogP contribution is 2.25. The quantitative estimate of drug-likeness (QED) is 0.836. The van der Waals surface area contributed by atoms with Gasteiger partial charge in [0.25, 0.3) is 0 Å². The average Bonchev–Trinajstić information content (AvgIpc) is 2.17. The Morgan fingerprint density at radius 3 is 2.64 bits per heavy atom. The molecule has 3 N–H and O–H groups in total. The summed E-state index contributed by atoms with van der Waals surface area (Å²) in [5, 5.41) is 9.39. The van der Waals surface area contributed by atoms with Gasteiger partial charge in [0, 0.05) is 3.57 Å². The van der Waals surface area contributed by atoms with Gasteiger partial charge in [-0.3, -0.25) is 0 Å². The van der Waals surface area contributed by atoms with E-state index in [9.17, 15) is 5.11 Å². The van der Waals surface area contributed by atoms with Crippen molar-refractivity contribution in [3.63, 3.8) is 0 Å². The summed E-state index contributed by atoms with van der Waals surface area (Å²) in [5.41, 5.74) is 6.77. The average molecular weight is 307 g/mol. The number of benzene rings is 1. The van der Waals surface area contributed by atoms with Crippen molar-refractivity contribution in [2.75, 3.05) is 7.11 Å². The van der Waals surface area contributed by atoms with Gasteiger partial charge in [-0.1, -0.05) is 0 Å². The number of hydrogen-bond acceptors (Lipinski definition) is 3. The Bertz CT molecular complexity index is 315. The lowest BCUT2D eigenvalue weighted by molar-refractivity contribution is 0.164. The molecule has 0 aliphatic rings.